The third-order valence-electron chi connectivity index (χ3n) is 1.88. The van der Waals surface area contributed by atoms with Crippen molar-refractivity contribution in [2.75, 3.05) is 30.8 Å². The van der Waals surface area contributed by atoms with Crippen LogP contribution in [-0.4, -0.2) is 19.8 Å². The Balaban J connectivity index is 2.42. The van der Waals surface area contributed by atoms with Gasteiger partial charge in [0, 0.05) is 24.5 Å². The number of anilines is 2. The number of benzene rings is 1. The average Bonchev–Trinajstić information content (AvgIpc) is 2.11. The maximum atomic E-state index is 5.72. The summed E-state index contributed by atoms with van der Waals surface area (Å²) in [6.07, 6.45) is 0. The topological polar surface area (TPSA) is 47.3 Å². The average molecular weight is 194 g/mol. The number of aryl methyl sites for hydroxylation is 1. The Hall–Kier alpha value is -1.22. The number of ether oxygens (including phenoxy) is 1. The van der Waals surface area contributed by atoms with E-state index in [2.05, 4.69) is 11.4 Å². The number of nitrogens with one attached hydrogen (secondary N) is 1. The van der Waals surface area contributed by atoms with Crippen molar-refractivity contribution in [2.45, 2.75) is 13.8 Å². The van der Waals surface area contributed by atoms with Crippen molar-refractivity contribution >= 4 is 11.4 Å². The van der Waals surface area contributed by atoms with Gasteiger partial charge < -0.3 is 15.8 Å². The first kappa shape index (κ1) is 10.9. The number of rotatable bonds is 5. The highest BCUT2D eigenvalue weighted by Gasteiger charge is 1.94. The summed E-state index contributed by atoms with van der Waals surface area (Å²) in [6.45, 7) is 6.33. The summed E-state index contributed by atoms with van der Waals surface area (Å²) >= 11 is 0. The molecule has 1 aromatic carbocycles. The third kappa shape index (κ3) is 3.66. The fourth-order valence-electron chi connectivity index (χ4n) is 1.33. The van der Waals surface area contributed by atoms with E-state index >= 15 is 0 Å². The lowest BCUT2D eigenvalue weighted by atomic mass is 10.2. The monoisotopic (exact) mass is 194 g/mol. The molecule has 0 fully saturated rings. The van der Waals surface area contributed by atoms with Gasteiger partial charge in [0.1, 0.15) is 0 Å². The van der Waals surface area contributed by atoms with Crippen molar-refractivity contribution < 1.29 is 4.74 Å². The lowest BCUT2D eigenvalue weighted by Gasteiger charge is -2.08. The Bertz CT molecular complexity index is 266. The van der Waals surface area contributed by atoms with Crippen LogP contribution >= 0.6 is 0 Å². The molecule has 0 amide bonds. The Kier molecular flexibility index (Phi) is 4.26. The maximum Gasteiger partial charge on any atom is 0.0638 e. The molecule has 14 heavy (non-hydrogen) atoms. The van der Waals surface area contributed by atoms with Crippen molar-refractivity contribution in [2.24, 2.45) is 0 Å². The van der Waals surface area contributed by atoms with Crippen molar-refractivity contribution in [3.63, 3.8) is 0 Å². The molecular formula is C11H18N2O. The molecule has 3 N–H and O–H groups in total. The van der Waals surface area contributed by atoms with E-state index in [4.69, 9.17) is 10.5 Å². The quantitative estimate of drug-likeness (QED) is 0.557. The minimum absolute atomic E-state index is 0.727. The number of nitrogen functional groups attached to an aromatic ring is 1. The van der Waals surface area contributed by atoms with Crippen LogP contribution in [0.4, 0.5) is 11.4 Å². The molecule has 0 aliphatic heterocycles. The van der Waals surface area contributed by atoms with Gasteiger partial charge in [0.15, 0.2) is 0 Å². The Morgan fingerprint density at radius 2 is 2.14 bits per heavy atom. The smallest absolute Gasteiger partial charge is 0.0638 e. The van der Waals surface area contributed by atoms with Crippen LogP contribution in [0.25, 0.3) is 0 Å². The molecule has 0 heterocycles. The summed E-state index contributed by atoms with van der Waals surface area (Å²) in [5.41, 5.74) is 8.74. The van der Waals surface area contributed by atoms with Crippen LogP contribution in [0.2, 0.25) is 0 Å². The van der Waals surface area contributed by atoms with Gasteiger partial charge in [-0.1, -0.05) is 0 Å². The van der Waals surface area contributed by atoms with Gasteiger partial charge >= 0.3 is 0 Å². The molecule has 1 aromatic rings. The molecule has 1 rings (SSSR count). The Morgan fingerprint density at radius 1 is 1.36 bits per heavy atom. The predicted molar refractivity (Wildman–Crippen MR) is 60.6 cm³/mol. The lowest BCUT2D eigenvalue weighted by molar-refractivity contribution is 0.158. The molecule has 0 aromatic heterocycles. The normalized spacial score (nSPS) is 10.1. The van der Waals surface area contributed by atoms with Gasteiger partial charge in [-0.3, -0.25) is 0 Å². The fourth-order valence-corrected chi connectivity index (χ4v) is 1.33. The van der Waals surface area contributed by atoms with Crippen molar-refractivity contribution in [1.82, 2.24) is 0 Å². The summed E-state index contributed by atoms with van der Waals surface area (Å²) in [5.74, 6) is 0. The molecule has 0 saturated carbocycles. The Labute approximate surface area is 85.3 Å². The lowest BCUT2D eigenvalue weighted by Crippen LogP contribution is -2.09. The van der Waals surface area contributed by atoms with Crippen LogP contribution in [0.3, 0.4) is 0 Å². The van der Waals surface area contributed by atoms with Crippen molar-refractivity contribution in [3.05, 3.63) is 23.8 Å². The zero-order chi connectivity index (χ0) is 10.4. The van der Waals surface area contributed by atoms with E-state index in [-0.39, 0.29) is 0 Å². The van der Waals surface area contributed by atoms with Crippen LogP contribution in [0, 0.1) is 6.92 Å². The summed E-state index contributed by atoms with van der Waals surface area (Å²) < 4.78 is 5.22. The summed E-state index contributed by atoms with van der Waals surface area (Å²) in [6, 6.07) is 5.95. The zero-order valence-electron chi connectivity index (χ0n) is 8.84. The first-order chi connectivity index (χ1) is 6.72. The molecule has 0 radical (unpaired) electrons. The van der Waals surface area contributed by atoms with E-state index in [1.165, 1.54) is 5.56 Å². The van der Waals surface area contributed by atoms with Crippen LogP contribution in [0.1, 0.15) is 12.5 Å². The predicted octanol–water partition coefficient (Wildman–Crippen LogP) is 2.03. The van der Waals surface area contributed by atoms with E-state index < -0.39 is 0 Å². The first-order valence-corrected chi connectivity index (χ1v) is 4.91. The third-order valence-corrected chi connectivity index (χ3v) is 1.88. The van der Waals surface area contributed by atoms with E-state index in [9.17, 15) is 0 Å². The van der Waals surface area contributed by atoms with Crippen LogP contribution < -0.4 is 11.1 Å². The molecule has 78 valence electrons. The van der Waals surface area contributed by atoms with Gasteiger partial charge in [-0.05, 0) is 37.6 Å². The molecule has 0 spiro atoms. The highest BCUT2D eigenvalue weighted by Crippen LogP contribution is 2.15. The fraction of sp³-hybridized carbons (Fsp3) is 0.455. The highest BCUT2D eigenvalue weighted by atomic mass is 16.5. The van der Waals surface area contributed by atoms with Crippen LogP contribution in [-0.2, 0) is 4.74 Å². The second-order valence-electron chi connectivity index (χ2n) is 3.26. The van der Waals surface area contributed by atoms with Gasteiger partial charge in [-0.25, -0.2) is 0 Å². The van der Waals surface area contributed by atoms with Crippen LogP contribution in [0.15, 0.2) is 18.2 Å². The number of nitrogens with two attached hydrogens (primary N) is 1. The molecule has 0 unspecified atom stereocenters. The van der Waals surface area contributed by atoms with E-state index in [1.807, 2.05) is 26.0 Å². The second kappa shape index (κ2) is 5.50. The summed E-state index contributed by atoms with van der Waals surface area (Å²) in [5, 5.41) is 3.26. The van der Waals surface area contributed by atoms with Gasteiger partial charge in [0.05, 0.1) is 6.61 Å². The molecule has 3 heteroatoms. The highest BCUT2D eigenvalue weighted by molar-refractivity contribution is 5.56. The van der Waals surface area contributed by atoms with E-state index in [0.29, 0.717) is 0 Å². The van der Waals surface area contributed by atoms with E-state index in [0.717, 1.165) is 31.1 Å². The van der Waals surface area contributed by atoms with Gasteiger partial charge in [0.2, 0.25) is 0 Å². The van der Waals surface area contributed by atoms with Crippen LogP contribution in [0.5, 0.6) is 0 Å². The summed E-state index contributed by atoms with van der Waals surface area (Å²) in [4.78, 5) is 0. The maximum absolute atomic E-state index is 5.72. The van der Waals surface area contributed by atoms with Crippen molar-refractivity contribution in [1.29, 1.82) is 0 Å². The number of hydrogen-bond donors (Lipinski definition) is 2. The largest absolute Gasteiger partial charge is 0.399 e. The van der Waals surface area contributed by atoms with Gasteiger partial charge in [-0.2, -0.15) is 0 Å². The van der Waals surface area contributed by atoms with Gasteiger partial charge in [0.25, 0.3) is 0 Å². The molecule has 0 saturated heterocycles. The first-order valence-electron chi connectivity index (χ1n) is 4.91. The minimum atomic E-state index is 0.727. The number of hydrogen-bond acceptors (Lipinski definition) is 3. The van der Waals surface area contributed by atoms with Gasteiger partial charge in [-0.15, -0.1) is 0 Å². The minimum Gasteiger partial charge on any atom is -0.399 e. The molecule has 3 nitrogen and oxygen atoms in total. The molecule has 0 bridgehead atoms. The second-order valence-corrected chi connectivity index (χ2v) is 3.26. The zero-order valence-corrected chi connectivity index (χ0v) is 8.84. The SMILES string of the molecule is CCOCCNc1cc(C)cc(N)c1. The molecule has 0 aliphatic carbocycles. The molecular weight excluding hydrogens is 176 g/mol. The molecule has 0 atom stereocenters. The molecule has 0 aliphatic rings. The Morgan fingerprint density at radius 3 is 2.79 bits per heavy atom. The van der Waals surface area contributed by atoms with Crippen molar-refractivity contribution in [3.8, 4) is 0 Å². The standard InChI is InChI=1S/C11H18N2O/c1-3-14-5-4-13-11-7-9(2)6-10(12)8-11/h6-8,13H,3-5,12H2,1-2H3. The summed E-state index contributed by atoms with van der Waals surface area (Å²) in [7, 11) is 0. The van der Waals surface area contributed by atoms with E-state index in [1.54, 1.807) is 0 Å².